The van der Waals surface area contributed by atoms with Gasteiger partial charge in [-0.15, -0.1) is 0 Å². The van der Waals surface area contributed by atoms with Crippen LogP contribution in [0.5, 0.6) is 5.75 Å². The highest BCUT2D eigenvalue weighted by Gasteiger charge is 2.29. The molecule has 0 bridgehead atoms. The minimum atomic E-state index is -4.20. The quantitative estimate of drug-likeness (QED) is 0.620. The van der Waals surface area contributed by atoms with Gasteiger partial charge in [-0.3, -0.25) is 9.78 Å². The van der Waals surface area contributed by atoms with E-state index in [9.17, 15) is 23.1 Å². The maximum atomic E-state index is 12.5. The van der Waals surface area contributed by atoms with Crippen molar-refractivity contribution in [3.8, 4) is 17.0 Å². The smallest absolute Gasteiger partial charge is 0.389 e. The van der Waals surface area contributed by atoms with Crippen LogP contribution in [0, 0.1) is 5.92 Å². The summed E-state index contributed by atoms with van der Waals surface area (Å²) in [5.74, 6) is 0.186. The monoisotopic (exact) mass is 449 g/mol. The van der Waals surface area contributed by atoms with E-state index in [1.54, 1.807) is 0 Å². The van der Waals surface area contributed by atoms with Crippen LogP contribution in [-0.2, 0) is 11.2 Å². The Labute approximate surface area is 184 Å². The molecule has 1 saturated carbocycles. The molecule has 1 aliphatic carbocycles. The highest BCUT2D eigenvalue weighted by Crippen LogP contribution is 2.33. The molecule has 6 nitrogen and oxygen atoms in total. The number of hydrogen-bond donors (Lipinski definition) is 1. The average Bonchev–Trinajstić information content (AvgIpc) is 3.57. The van der Waals surface area contributed by atoms with E-state index in [4.69, 9.17) is 4.74 Å². The van der Waals surface area contributed by atoms with Crippen molar-refractivity contribution in [1.82, 2.24) is 9.97 Å². The third kappa shape index (κ3) is 5.89. The predicted molar refractivity (Wildman–Crippen MR) is 113 cm³/mol. The Kier molecular flexibility index (Phi) is 6.53. The maximum absolute atomic E-state index is 12.5. The van der Waals surface area contributed by atoms with E-state index in [1.807, 2.05) is 29.2 Å². The minimum Gasteiger partial charge on any atom is -0.490 e. The van der Waals surface area contributed by atoms with Crippen LogP contribution in [0.2, 0.25) is 0 Å². The number of benzene rings is 1. The van der Waals surface area contributed by atoms with E-state index in [0.29, 0.717) is 49.2 Å². The zero-order valence-corrected chi connectivity index (χ0v) is 17.6. The van der Waals surface area contributed by atoms with Crippen molar-refractivity contribution in [2.24, 2.45) is 5.92 Å². The van der Waals surface area contributed by atoms with Gasteiger partial charge in [-0.1, -0.05) is 0 Å². The molecule has 1 saturated heterocycles. The number of aliphatic carboxylic acids is 1. The molecule has 2 fully saturated rings. The van der Waals surface area contributed by atoms with Crippen LogP contribution in [-0.4, -0.2) is 46.4 Å². The Morgan fingerprint density at radius 1 is 1.12 bits per heavy atom. The number of alkyl halides is 3. The van der Waals surface area contributed by atoms with Gasteiger partial charge in [0.25, 0.3) is 0 Å². The molecule has 9 heteroatoms. The van der Waals surface area contributed by atoms with Crippen LogP contribution in [0.4, 0.5) is 19.0 Å². The van der Waals surface area contributed by atoms with Crippen molar-refractivity contribution >= 4 is 11.8 Å². The van der Waals surface area contributed by atoms with Gasteiger partial charge in [0.15, 0.2) is 5.82 Å². The molecule has 32 heavy (non-hydrogen) atoms. The van der Waals surface area contributed by atoms with E-state index < -0.39 is 24.5 Å². The fraction of sp³-hybridized carbons (Fsp3) is 0.522. The van der Waals surface area contributed by atoms with Crippen molar-refractivity contribution in [3.63, 3.8) is 0 Å². The molecular formula is C23H26F3N3O3. The second-order valence-electron chi connectivity index (χ2n) is 8.44. The number of aromatic nitrogens is 2. The van der Waals surface area contributed by atoms with Gasteiger partial charge >= 0.3 is 12.1 Å². The second-order valence-corrected chi connectivity index (χ2v) is 8.44. The molecule has 0 radical (unpaired) electrons. The molecule has 4 rings (SSSR count). The lowest BCUT2D eigenvalue weighted by Crippen LogP contribution is -2.37. The highest BCUT2D eigenvalue weighted by atomic mass is 19.4. The van der Waals surface area contributed by atoms with Gasteiger partial charge in [-0.25, -0.2) is 4.98 Å². The van der Waals surface area contributed by atoms with E-state index in [-0.39, 0.29) is 12.8 Å². The Balaban J connectivity index is 1.56. The Hall–Kier alpha value is -2.84. The number of nitrogens with zero attached hydrogens (tertiary/aromatic N) is 3. The lowest BCUT2D eigenvalue weighted by atomic mass is 9.97. The molecule has 1 aromatic carbocycles. The van der Waals surface area contributed by atoms with Gasteiger partial charge in [-0.2, -0.15) is 13.2 Å². The molecule has 2 aromatic rings. The van der Waals surface area contributed by atoms with Gasteiger partial charge in [0.2, 0.25) is 0 Å². The molecule has 2 aliphatic rings. The zero-order chi connectivity index (χ0) is 22.7. The van der Waals surface area contributed by atoms with E-state index in [1.165, 1.54) is 6.20 Å². The number of halogens is 3. The van der Waals surface area contributed by atoms with Crippen molar-refractivity contribution in [2.75, 3.05) is 18.0 Å². The number of carboxylic acids is 1. The van der Waals surface area contributed by atoms with Gasteiger partial charge < -0.3 is 14.7 Å². The fourth-order valence-electron chi connectivity index (χ4n) is 3.84. The topological polar surface area (TPSA) is 75.5 Å². The molecule has 1 aliphatic heterocycles. The summed E-state index contributed by atoms with van der Waals surface area (Å²) >= 11 is 0. The number of rotatable bonds is 8. The molecule has 172 valence electrons. The van der Waals surface area contributed by atoms with Crippen LogP contribution >= 0.6 is 0 Å². The Morgan fingerprint density at radius 3 is 2.41 bits per heavy atom. The summed E-state index contributed by atoms with van der Waals surface area (Å²) in [5.41, 5.74) is 1.97. The summed E-state index contributed by atoms with van der Waals surface area (Å²) in [7, 11) is 0. The Bertz CT molecular complexity index is 938. The van der Waals surface area contributed by atoms with Gasteiger partial charge in [0, 0.05) is 31.3 Å². The summed E-state index contributed by atoms with van der Waals surface area (Å²) in [5, 5.41) is 9.28. The van der Waals surface area contributed by atoms with E-state index in [2.05, 4.69) is 9.97 Å². The van der Waals surface area contributed by atoms with Crippen molar-refractivity contribution in [1.29, 1.82) is 0 Å². The first-order chi connectivity index (χ1) is 15.3. The van der Waals surface area contributed by atoms with E-state index >= 15 is 0 Å². The van der Waals surface area contributed by atoms with Crippen molar-refractivity contribution in [3.05, 3.63) is 36.2 Å². The molecule has 0 spiro atoms. The molecule has 2 heterocycles. The molecule has 0 unspecified atom stereocenters. The van der Waals surface area contributed by atoms with Gasteiger partial charge in [0.05, 0.1) is 17.7 Å². The predicted octanol–water partition coefficient (Wildman–Crippen LogP) is 4.87. The summed E-state index contributed by atoms with van der Waals surface area (Å²) in [4.78, 5) is 22.5. The fourth-order valence-corrected chi connectivity index (χ4v) is 3.84. The van der Waals surface area contributed by atoms with Crippen LogP contribution in [0.1, 0.15) is 44.2 Å². The molecular weight excluding hydrogens is 423 g/mol. The van der Waals surface area contributed by atoms with Crippen LogP contribution in [0.15, 0.2) is 30.5 Å². The van der Waals surface area contributed by atoms with Crippen LogP contribution in [0.25, 0.3) is 11.3 Å². The lowest BCUT2D eigenvalue weighted by molar-refractivity contribution is -0.142. The highest BCUT2D eigenvalue weighted by molar-refractivity contribution is 5.74. The molecule has 0 amide bonds. The zero-order valence-electron chi connectivity index (χ0n) is 17.6. The number of aryl methyl sites for hydroxylation is 1. The summed E-state index contributed by atoms with van der Waals surface area (Å²) in [6, 6.07) is 7.57. The summed E-state index contributed by atoms with van der Waals surface area (Å²) in [6.07, 6.45) is 0.0172. The SMILES string of the molecule is O=C(O)C1CCN(c2nc(CCCC(F)(F)F)cnc2-c2ccc(OC3CC3)cc2)CC1. The third-order valence-corrected chi connectivity index (χ3v) is 5.80. The Morgan fingerprint density at radius 2 is 1.81 bits per heavy atom. The summed E-state index contributed by atoms with van der Waals surface area (Å²) in [6.45, 7) is 1.01. The molecule has 0 atom stereocenters. The number of ether oxygens (including phenoxy) is 1. The minimum absolute atomic E-state index is 0.0503. The standard InChI is InChI=1S/C23H26F3N3O3/c24-23(25,26)11-1-2-17-14-27-20(15-3-5-18(6-4-15)32-19-7-8-19)21(28-17)29-12-9-16(10-13-29)22(30)31/h3-6,14,16,19H,1-2,7-13H2,(H,30,31). The second kappa shape index (κ2) is 9.34. The van der Waals surface area contributed by atoms with Crippen molar-refractivity contribution < 1.29 is 27.8 Å². The number of piperidine rings is 1. The third-order valence-electron chi connectivity index (χ3n) is 5.80. The lowest BCUT2D eigenvalue weighted by Gasteiger charge is -2.32. The molecule has 1 N–H and O–H groups in total. The maximum Gasteiger partial charge on any atom is 0.389 e. The van der Waals surface area contributed by atoms with Crippen LogP contribution in [0.3, 0.4) is 0 Å². The number of anilines is 1. The normalized spacial score (nSPS) is 17.4. The number of carbonyl (C=O) groups is 1. The average molecular weight is 449 g/mol. The number of carboxylic acid groups (broad SMARTS) is 1. The number of hydrogen-bond acceptors (Lipinski definition) is 5. The first kappa shape index (κ1) is 22.4. The van der Waals surface area contributed by atoms with Gasteiger partial charge in [-0.05, 0) is 62.8 Å². The van der Waals surface area contributed by atoms with Gasteiger partial charge in [0.1, 0.15) is 11.4 Å². The van der Waals surface area contributed by atoms with Crippen LogP contribution < -0.4 is 9.64 Å². The van der Waals surface area contributed by atoms with Crippen molar-refractivity contribution in [2.45, 2.75) is 57.2 Å². The molecule has 1 aromatic heterocycles. The summed E-state index contributed by atoms with van der Waals surface area (Å²) < 4.78 is 43.4. The van der Waals surface area contributed by atoms with E-state index in [0.717, 1.165) is 24.2 Å². The first-order valence-corrected chi connectivity index (χ1v) is 11.0. The first-order valence-electron chi connectivity index (χ1n) is 11.0. The largest absolute Gasteiger partial charge is 0.490 e.